The zero-order valence-electron chi connectivity index (χ0n) is 20.5. The van der Waals surface area contributed by atoms with E-state index >= 15 is 0 Å². The van der Waals surface area contributed by atoms with Gasteiger partial charge in [0.1, 0.15) is 18.3 Å². The predicted molar refractivity (Wildman–Crippen MR) is 136 cm³/mol. The van der Waals surface area contributed by atoms with Crippen molar-refractivity contribution in [1.29, 1.82) is 0 Å². The molecule has 0 aliphatic carbocycles. The number of fused-ring (bicyclic) bond motifs is 1. The van der Waals surface area contributed by atoms with Gasteiger partial charge in [-0.2, -0.15) is 0 Å². The number of benzene rings is 3. The largest absolute Gasteiger partial charge is 0.497 e. The number of rotatable bonds is 8. The highest BCUT2D eigenvalue weighted by atomic mass is 16.5. The molecule has 36 heavy (non-hydrogen) atoms. The van der Waals surface area contributed by atoms with Gasteiger partial charge in [0.15, 0.2) is 0 Å². The lowest BCUT2D eigenvalue weighted by Crippen LogP contribution is -2.54. The summed E-state index contributed by atoms with van der Waals surface area (Å²) in [4.78, 5) is 42.0. The quantitative estimate of drug-likeness (QED) is 0.524. The van der Waals surface area contributed by atoms with Crippen molar-refractivity contribution in [2.75, 3.05) is 20.2 Å². The topological polar surface area (TPSA) is 87.2 Å². The zero-order valence-corrected chi connectivity index (χ0v) is 20.5. The molecule has 3 aromatic rings. The highest BCUT2D eigenvalue weighted by molar-refractivity contribution is 5.98. The molecule has 0 saturated carbocycles. The summed E-state index contributed by atoms with van der Waals surface area (Å²) in [5.74, 6) is -0.969. The molecule has 0 spiro atoms. The number of carboxylic acid groups (broad SMARTS) is 1. The molecule has 1 atom stereocenters. The van der Waals surface area contributed by atoms with Crippen molar-refractivity contribution in [1.82, 2.24) is 9.80 Å². The molecule has 1 aliphatic rings. The summed E-state index contributed by atoms with van der Waals surface area (Å²) in [5, 5.41) is 9.54. The molecular formula is C29H30N2O5. The first-order valence-electron chi connectivity index (χ1n) is 11.9. The lowest BCUT2D eigenvalue weighted by molar-refractivity contribution is -0.146. The van der Waals surface area contributed by atoms with E-state index in [2.05, 4.69) is 0 Å². The minimum Gasteiger partial charge on any atom is -0.497 e. The maximum absolute atomic E-state index is 13.8. The van der Waals surface area contributed by atoms with Crippen molar-refractivity contribution in [3.8, 4) is 5.75 Å². The minimum atomic E-state index is -1.09. The standard InChI is InChI=1S/C29H30N2O5/c1-20-7-11-22(12-8-20)28(34)31-18-24-6-4-3-5-23(24)17-26(31)29(35)30(19-27(32)33)16-15-21-9-13-25(36-2)14-10-21/h3-14,26H,15-19H2,1-2H3,(H,32,33). The van der Waals surface area contributed by atoms with Gasteiger partial charge in [-0.15, -0.1) is 0 Å². The number of hydrogen-bond acceptors (Lipinski definition) is 4. The monoisotopic (exact) mass is 486 g/mol. The summed E-state index contributed by atoms with van der Waals surface area (Å²) in [5.41, 5.74) is 4.48. The number of ether oxygens (including phenoxy) is 1. The van der Waals surface area contributed by atoms with E-state index in [9.17, 15) is 19.5 Å². The fourth-order valence-electron chi connectivity index (χ4n) is 4.52. The Morgan fingerprint density at radius 3 is 2.28 bits per heavy atom. The van der Waals surface area contributed by atoms with E-state index in [1.165, 1.54) is 4.90 Å². The summed E-state index contributed by atoms with van der Waals surface area (Å²) in [6, 6.07) is 21.7. The Morgan fingerprint density at radius 2 is 1.64 bits per heavy atom. The Balaban J connectivity index is 1.60. The molecule has 1 unspecified atom stereocenters. The number of aliphatic carboxylic acids is 1. The van der Waals surface area contributed by atoms with Gasteiger partial charge in [0.2, 0.25) is 5.91 Å². The summed E-state index contributed by atoms with van der Waals surface area (Å²) in [7, 11) is 1.59. The Hall–Kier alpha value is -4.13. The van der Waals surface area contributed by atoms with E-state index in [4.69, 9.17) is 4.74 Å². The lowest BCUT2D eigenvalue weighted by atomic mass is 9.92. The normalized spacial score (nSPS) is 14.6. The number of nitrogens with zero attached hydrogens (tertiary/aromatic N) is 2. The Labute approximate surface area is 210 Å². The Morgan fingerprint density at radius 1 is 0.972 bits per heavy atom. The first kappa shape index (κ1) is 25.0. The van der Waals surface area contributed by atoms with Gasteiger partial charge in [0.05, 0.1) is 7.11 Å². The summed E-state index contributed by atoms with van der Waals surface area (Å²) in [6.07, 6.45) is 0.823. The van der Waals surface area contributed by atoms with Crippen LogP contribution in [0, 0.1) is 6.92 Å². The first-order valence-corrected chi connectivity index (χ1v) is 11.9. The third-order valence-corrected chi connectivity index (χ3v) is 6.56. The molecule has 2 amide bonds. The molecule has 1 heterocycles. The van der Waals surface area contributed by atoms with Crippen LogP contribution in [0.3, 0.4) is 0 Å². The van der Waals surface area contributed by atoms with E-state index in [-0.39, 0.29) is 18.4 Å². The van der Waals surface area contributed by atoms with Gasteiger partial charge in [0, 0.05) is 25.1 Å². The van der Waals surface area contributed by atoms with E-state index < -0.39 is 18.6 Å². The molecule has 0 aromatic heterocycles. The molecule has 0 saturated heterocycles. The molecule has 7 heteroatoms. The fourth-order valence-corrected chi connectivity index (χ4v) is 4.52. The third kappa shape index (κ3) is 5.74. The predicted octanol–water partition coefficient (Wildman–Crippen LogP) is 3.73. The van der Waals surface area contributed by atoms with Crippen LogP contribution < -0.4 is 4.74 Å². The zero-order chi connectivity index (χ0) is 25.7. The van der Waals surface area contributed by atoms with Crippen LogP contribution >= 0.6 is 0 Å². The number of carboxylic acids is 1. The maximum Gasteiger partial charge on any atom is 0.323 e. The van der Waals surface area contributed by atoms with Gasteiger partial charge < -0.3 is 19.6 Å². The van der Waals surface area contributed by atoms with Crippen molar-refractivity contribution in [2.24, 2.45) is 0 Å². The molecule has 7 nitrogen and oxygen atoms in total. The van der Waals surface area contributed by atoms with Crippen molar-refractivity contribution in [2.45, 2.75) is 32.4 Å². The first-order chi connectivity index (χ1) is 17.4. The number of methoxy groups -OCH3 is 1. The van der Waals surface area contributed by atoms with Crippen molar-refractivity contribution in [3.63, 3.8) is 0 Å². The van der Waals surface area contributed by atoms with Gasteiger partial charge in [-0.1, -0.05) is 54.1 Å². The van der Waals surface area contributed by atoms with Crippen LogP contribution in [0.4, 0.5) is 0 Å². The van der Waals surface area contributed by atoms with Crippen LogP contribution in [-0.2, 0) is 29.0 Å². The maximum atomic E-state index is 13.8. The van der Waals surface area contributed by atoms with Gasteiger partial charge >= 0.3 is 5.97 Å². The van der Waals surface area contributed by atoms with Crippen LogP contribution in [-0.4, -0.2) is 58.9 Å². The third-order valence-electron chi connectivity index (χ3n) is 6.56. The van der Waals surface area contributed by atoms with Crippen LogP contribution in [0.5, 0.6) is 5.75 Å². The van der Waals surface area contributed by atoms with E-state index in [0.717, 1.165) is 28.0 Å². The molecule has 0 bridgehead atoms. The second-order valence-corrected chi connectivity index (χ2v) is 9.04. The average Bonchev–Trinajstić information content (AvgIpc) is 2.90. The average molecular weight is 487 g/mol. The highest BCUT2D eigenvalue weighted by Gasteiger charge is 2.37. The number of aryl methyl sites for hydroxylation is 1. The smallest absolute Gasteiger partial charge is 0.323 e. The number of carbonyl (C=O) groups excluding carboxylic acids is 2. The van der Waals surface area contributed by atoms with Crippen LogP contribution in [0.25, 0.3) is 0 Å². The molecule has 0 radical (unpaired) electrons. The molecular weight excluding hydrogens is 456 g/mol. The number of carbonyl (C=O) groups is 3. The molecule has 1 aliphatic heterocycles. The second kappa shape index (κ2) is 11.1. The van der Waals surface area contributed by atoms with E-state index in [0.29, 0.717) is 24.9 Å². The second-order valence-electron chi connectivity index (χ2n) is 9.04. The molecule has 4 rings (SSSR count). The summed E-state index contributed by atoms with van der Waals surface area (Å²) >= 11 is 0. The van der Waals surface area contributed by atoms with Crippen molar-refractivity contribution in [3.05, 3.63) is 101 Å². The SMILES string of the molecule is COc1ccc(CCN(CC(=O)O)C(=O)C2Cc3ccccc3CN2C(=O)c2ccc(C)cc2)cc1. The molecule has 0 fully saturated rings. The van der Waals surface area contributed by atoms with Gasteiger partial charge in [0.25, 0.3) is 5.91 Å². The summed E-state index contributed by atoms with van der Waals surface area (Å²) < 4.78 is 5.19. The Kier molecular flexibility index (Phi) is 7.68. The molecule has 3 aromatic carbocycles. The van der Waals surface area contributed by atoms with Crippen molar-refractivity contribution < 1.29 is 24.2 Å². The van der Waals surface area contributed by atoms with Crippen LogP contribution in [0.2, 0.25) is 0 Å². The van der Waals surface area contributed by atoms with Gasteiger partial charge in [-0.05, 0) is 54.3 Å². The van der Waals surface area contributed by atoms with E-state index in [1.807, 2.05) is 67.6 Å². The number of amides is 2. The minimum absolute atomic E-state index is 0.224. The highest BCUT2D eigenvalue weighted by Crippen LogP contribution is 2.26. The molecule has 186 valence electrons. The Bertz CT molecular complexity index is 1240. The lowest BCUT2D eigenvalue weighted by Gasteiger charge is -2.38. The van der Waals surface area contributed by atoms with Crippen LogP contribution in [0.1, 0.15) is 32.6 Å². The summed E-state index contributed by atoms with van der Waals surface area (Å²) in [6.45, 7) is 2.03. The van der Waals surface area contributed by atoms with Gasteiger partial charge in [-0.25, -0.2) is 0 Å². The van der Waals surface area contributed by atoms with Crippen molar-refractivity contribution >= 4 is 17.8 Å². The number of hydrogen-bond donors (Lipinski definition) is 1. The molecule has 1 N–H and O–H groups in total. The van der Waals surface area contributed by atoms with E-state index in [1.54, 1.807) is 24.1 Å². The van der Waals surface area contributed by atoms with Gasteiger partial charge in [-0.3, -0.25) is 14.4 Å². The fraction of sp³-hybridized carbons (Fsp3) is 0.276. The van der Waals surface area contributed by atoms with Crippen LogP contribution in [0.15, 0.2) is 72.8 Å².